The molecule has 1 amide bonds. The third kappa shape index (κ3) is 4.07. The van der Waals surface area contributed by atoms with Crippen LogP contribution in [-0.4, -0.2) is 34.4 Å². The van der Waals surface area contributed by atoms with E-state index in [1.54, 1.807) is 24.5 Å². The van der Waals surface area contributed by atoms with Gasteiger partial charge in [-0.05, 0) is 55.2 Å². The molecule has 0 spiro atoms. The number of amides is 1. The van der Waals surface area contributed by atoms with Crippen LogP contribution in [-0.2, 0) is 27.4 Å². The Balaban J connectivity index is 1.91. The molecule has 7 heteroatoms. The average molecular weight is 439 g/mol. The molecule has 1 heterocycles. The molecule has 0 aromatic heterocycles. The number of carbonyl (C=O) groups is 1. The van der Waals surface area contributed by atoms with Gasteiger partial charge < -0.3 is 4.90 Å². The molecule has 2 atom stereocenters. The van der Waals surface area contributed by atoms with Gasteiger partial charge in [0.1, 0.15) is 0 Å². The fourth-order valence-corrected chi connectivity index (χ4v) is 5.97. The van der Waals surface area contributed by atoms with Gasteiger partial charge in [-0.1, -0.05) is 41.4 Å². The molecule has 0 fully saturated rings. The fraction of sp³-hybridized carbons (Fsp3) is 0.381. The van der Waals surface area contributed by atoms with Gasteiger partial charge in [0, 0.05) is 29.4 Å². The van der Waals surface area contributed by atoms with E-state index in [1.165, 1.54) is 0 Å². The van der Waals surface area contributed by atoms with E-state index in [0.717, 1.165) is 16.0 Å². The lowest BCUT2D eigenvalue weighted by Gasteiger charge is -2.36. The van der Waals surface area contributed by atoms with Crippen LogP contribution in [0.15, 0.2) is 45.7 Å². The second kappa shape index (κ2) is 8.44. The first-order valence-corrected chi connectivity index (χ1v) is 12.0. The Kier molecular flexibility index (Phi) is 6.37. The van der Waals surface area contributed by atoms with Crippen molar-refractivity contribution in [1.82, 2.24) is 4.90 Å². The molecule has 0 saturated carbocycles. The summed E-state index contributed by atoms with van der Waals surface area (Å²) in [5.74, 6) is -0.0194. The molecule has 4 nitrogen and oxygen atoms in total. The van der Waals surface area contributed by atoms with Crippen molar-refractivity contribution < 1.29 is 9.00 Å². The Morgan fingerprint density at radius 1 is 1.21 bits per heavy atom. The molecule has 0 radical (unpaired) electrons. The fourth-order valence-electron chi connectivity index (χ4n) is 3.80. The van der Waals surface area contributed by atoms with E-state index in [-0.39, 0.29) is 18.4 Å². The van der Waals surface area contributed by atoms with Crippen LogP contribution in [0.25, 0.3) is 0 Å². The predicted octanol–water partition coefficient (Wildman–Crippen LogP) is 5.16. The highest BCUT2D eigenvalue weighted by Crippen LogP contribution is 2.35. The molecular formula is C21H24Cl2N2O2S. The molecule has 0 bridgehead atoms. The SMILES string of the molecule is CCN=S(C)(=O)c1cccc2c1CCN(C(=O)Cc1c(Cl)cccc1Cl)[C@H]2C. The van der Waals surface area contributed by atoms with Crippen LogP contribution < -0.4 is 0 Å². The van der Waals surface area contributed by atoms with E-state index >= 15 is 0 Å². The quantitative estimate of drug-likeness (QED) is 0.661. The van der Waals surface area contributed by atoms with E-state index in [4.69, 9.17) is 23.2 Å². The maximum Gasteiger partial charge on any atom is 0.227 e. The number of hydrogen-bond acceptors (Lipinski definition) is 3. The van der Waals surface area contributed by atoms with Crippen molar-refractivity contribution in [2.24, 2.45) is 4.36 Å². The summed E-state index contributed by atoms with van der Waals surface area (Å²) in [6.07, 6.45) is 2.50. The lowest BCUT2D eigenvalue weighted by molar-refractivity contribution is -0.133. The molecule has 0 aliphatic carbocycles. The average Bonchev–Trinajstić information content (AvgIpc) is 2.64. The topological polar surface area (TPSA) is 49.7 Å². The van der Waals surface area contributed by atoms with Gasteiger partial charge in [0.15, 0.2) is 0 Å². The minimum Gasteiger partial charge on any atom is -0.335 e. The van der Waals surface area contributed by atoms with E-state index in [1.807, 2.05) is 36.9 Å². The molecule has 1 aliphatic rings. The highest BCUT2D eigenvalue weighted by Gasteiger charge is 2.30. The minimum atomic E-state index is -2.44. The second-order valence-corrected chi connectivity index (χ2v) is 10.1. The van der Waals surface area contributed by atoms with Crippen LogP contribution in [0.2, 0.25) is 10.0 Å². The Bertz CT molecular complexity index is 1010. The van der Waals surface area contributed by atoms with E-state index in [9.17, 15) is 9.00 Å². The molecule has 1 aliphatic heterocycles. The van der Waals surface area contributed by atoms with Gasteiger partial charge in [0.2, 0.25) is 5.91 Å². The Labute approximate surface area is 177 Å². The van der Waals surface area contributed by atoms with Crippen molar-refractivity contribution in [1.29, 1.82) is 0 Å². The van der Waals surface area contributed by atoms with Gasteiger partial charge in [0.05, 0.1) is 27.1 Å². The van der Waals surface area contributed by atoms with Gasteiger partial charge >= 0.3 is 0 Å². The summed E-state index contributed by atoms with van der Waals surface area (Å²) in [6.45, 7) is 4.97. The number of benzene rings is 2. The lowest BCUT2D eigenvalue weighted by Crippen LogP contribution is -2.40. The van der Waals surface area contributed by atoms with Crippen molar-refractivity contribution in [3.8, 4) is 0 Å². The largest absolute Gasteiger partial charge is 0.335 e. The number of nitrogens with zero attached hydrogens (tertiary/aromatic N) is 2. The van der Waals surface area contributed by atoms with Gasteiger partial charge in [-0.2, -0.15) is 0 Å². The van der Waals surface area contributed by atoms with Gasteiger partial charge in [-0.25, -0.2) is 8.57 Å². The summed E-state index contributed by atoms with van der Waals surface area (Å²) in [7, 11) is -2.44. The summed E-state index contributed by atoms with van der Waals surface area (Å²) in [5.41, 5.74) is 2.74. The first-order chi connectivity index (χ1) is 13.3. The summed E-state index contributed by atoms with van der Waals surface area (Å²) in [4.78, 5) is 15.6. The highest BCUT2D eigenvalue weighted by atomic mass is 35.5. The minimum absolute atomic E-state index is 0.0194. The number of halogens is 2. The summed E-state index contributed by atoms with van der Waals surface area (Å²) in [5, 5.41) is 1.00. The third-order valence-corrected chi connectivity index (χ3v) is 7.84. The van der Waals surface area contributed by atoms with Crippen molar-refractivity contribution in [3.63, 3.8) is 0 Å². The zero-order valence-corrected chi connectivity index (χ0v) is 18.6. The third-order valence-electron chi connectivity index (χ3n) is 5.18. The first-order valence-electron chi connectivity index (χ1n) is 9.28. The summed E-state index contributed by atoms with van der Waals surface area (Å²) < 4.78 is 17.3. The van der Waals surface area contributed by atoms with Gasteiger partial charge in [-0.3, -0.25) is 4.79 Å². The summed E-state index contributed by atoms with van der Waals surface area (Å²) >= 11 is 12.5. The molecule has 1 unspecified atom stereocenters. The van der Waals surface area contributed by atoms with Crippen molar-refractivity contribution >= 4 is 38.8 Å². The van der Waals surface area contributed by atoms with Gasteiger partial charge in [0.25, 0.3) is 0 Å². The number of carbonyl (C=O) groups excluding carboxylic acids is 1. The van der Waals surface area contributed by atoms with E-state index < -0.39 is 9.73 Å². The Morgan fingerprint density at radius 3 is 2.50 bits per heavy atom. The second-order valence-electron chi connectivity index (χ2n) is 6.96. The summed E-state index contributed by atoms with van der Waals surface area (Å²) in [6, 6.07) is 10.9. The number of hydrogen-bond donors (Lipinski definition) is 0. The first kappa shape index (κ1) is 21.2. The standard InChI is InChI=1S/C21H24Cl2N2O2S/c1-4-24-28(3,27)20-10-5-7-15-14(2)25(12-11-16(15)20)21(26)13-17-18(22)8-6-9-19(17)23/h5-10,14H,4,11-13H2,1-3H3/t14-,28?/m0/s1. The normalized spacial score (nSPS) is 18.3. The lowest BCUT2D eigenvalue weighted by atomic mass is 9.93. The van der Waals surface area contributed by atoms with Crippen molar-refractivity contribution in [2.45, 2.75) is 37.6 Å². The van der Waals surface area contributed by atoms with E-state index in [2.05, 4.69) is 4.36 Å². The smallest absolute Gasteiger partial charge is 0.227 e. The van der Waals surface area contributed by atoms with Crippen LogP contribution in [0.5, 0.6) is 0 Å². The van der Waals surface area contributed by atoms with Crippen LogP contribution >= 0.6 is 23.2 Å². The molecule has 0 saturated heterocycles. The van der Waals surface area contributed by atoms with Crippen molar-refractivity contribution in [2.75, 3.05) is 19.3 Å². The van der Waals surface area contributed by atoms with Crippen molar-refractivity contribution in [3.05, 3.63) is 63.1 Å². The molecule has 0 N–H and O–H groups in total. The molecule has 3 rings (SSSR count). The van der Waals surface area contributed by atoms with Crippen LogP contribution in [0, 0.1) is 0 Å². The molecule has 2 aromatic carbocycles. The van der Waals surface area contributed by atoms with Crippen LogP contribution in [0.3, 0.4) is 0 Å². The molecule has 150 valence electrons. The number of fused-ring (bicyclic) bond motifs is 1. The monoisotopic (exact) mass is 438 g/mol. The Hall–Kier alpha value is -1.56. The zero-order valence-electron chi connectivity index (χ0n) is 16.2. The maximum atomic E-state index is 13.0. The highest BCUT2D eigenvalue weighted by molar-refractivity contribution is 7.93. The van der Waals surface area contributed by atoms with Crippen LogP contribution in [0.4, 0.5) is 0 Å². The maximum absolute atomic E-state index is 13.0. The van der Waals surface area contributed by atoms with E-state index in [0.29, 0.717) is 35.1 Å². The number of rotatable bonds is 4. The molecule has 28 heavy (non-hydrogen) atoms. The van der Waals surface area contributed by atoms with Crippen LogP contribution in [0.1, 0.15) is 36.6 Å². The Morgan fingerprint density at radius 2 is 1.86 bits per heavy atom. The predicted molar refractivity (Wildman–Crippen MR) is 116 cm³/mol. The molecular weight excluding hydrogens is 415 g/mol. The molecule has 2 aromatic rings. The zero-order chi connectivity index (χ0) is 20.5. The van der Waals surface area contributed by atoms with Gasteiger partial charge in [-0.15, -0.1) is 0 Å².